The van der Waals surface area contributed by atoms with Crippen LogP contribution in [0.2, 0.25) is 5.02 Å². The second-order valence-electron chi connectivity index (χ2n) is 8.01. The minimum Gasteiger partial charge on any atom is -0.439 e. The SMILES string of the molecule is O=C(c1ccccc1-c1ccccc1)N1CC[C@]2(C1)CN(c1cccc(Cl)c1)C(=O)O2. The fourth-order valence-electron chi connectivity index (χ4n) is 4.41. The smallest absolute Gasteiger partial charge is 0.415 e. The molecule has 0 N–H and O–H groups in total. The monoisotopic (exact) mass is 432 g/mol. The van der Waals surface area contributed by atoms with E-state index >= 15 is 0 Å². The number of halogens is 1. The molecule has 2 heterocycles. The molecule has 5 rings (SSSR count). The third kappa shape index (κ3) is 3.66. The average Bonchev–Trinajstić information content (AvgIpc) is 3.36. The standard InChI is InChI=1S/C25H21ClN2O3/c26-19-9-6-10-20(15-19)28-17-25(31-24(28)30)13-14-27(16-25)23(29)22-12-5-4-11-21(22)18-7-2-1-3-8-18/h1-12,15H,13-14,16-17H2/t25-/m0/s1. The molecule has 2 aliphatic rings. The van der Waals surface area contributed by atoms with Crippen LogP contribution in [-0.2, 0) is 4.74 Å². The maximum absolute atomic E-state index is 13.4. The van der Waals surface area contributed by atoms with Gasteiger partial charge in [0, 0.05) is 29.2 Å². The maximum Gasteiger partial charge on any atom is 0.415 e. The molecular formula is C25H21ClN2O3. The fraction of sp³-hybridized carbons (Fsp3) is 0.200. The van der Waals surface area contributed by atoms with E-state index in [1.165, 1.54) is 0 Å². The quantitative estimate of drug-likeness (QED) is 0.568. The van der Waals surface area contributed by atoms with Crippen molar-refractivity contribution < 1.29 is 14.3 Å². The summed E-state index contributed by atoms with van der Waals surface area (Å²) in [7, 11) is 0. The third-order valence-corrected chi connectivity index (χ3v) is 6.17. The van der Waals surface area contributed by atoms with Crippen molar-refractivity contribution >= 4 is 29.3 Å². The molecule has 2 fully saturated rings. The van der Waals surface area contributed by atoms with Crippen LogP contribution in [0.1, 0.15) is 16.8 Å². The number of anilines is 1. The lowest BCUT2D eigenvalue weighted by molar-refractivity contribution is 0.0554. The first-order valence-electron chi connectivity index (χ1n) is 10.2. The number of rotatable bonds is 3. The molecule has 3 aromatic rings. The van der Waals surface area contributed by atoms with Gasteiger partial charge in [0.1, 0.15) is 0 Å². The molecule has 2 saturated heterocycles. The zero-order valence-electron chi connectivity index (χ0n) is 16.8. The largest absolute Gasteiger partial charge is 0.439 e. The van der Waals surface area contributed by atoms with E-state index in [1.54, 1.807) is 28.0 Å². The Labute approximate surface area is 185 Å². The minimum absolute atomic E-state index is 0.0476. The van der Waals surface area contributed by atoms with Crippen LogP contribution in [0.4, 0.5) is 10.5 Å². The van der Waals surface area contributed by atoms with Crippen molar-refractivity contribution in [3.8, 4) is 11.1 Å². The fourth-order valence-corrected chi connectivity index (χ4v) is 4.59. The van der Waals surface area contributed by atoms with E-state index < -0.39 is 11.7 Å². The van der Waals surface area contributed by atoms with Crippen molar-refractivity contribution in [3.63, 3.8) is 0 Å². The molecule has 0 saturated carbocycles. The van der Waals surface area contributed by atoms with Crippen LogP contribution in [0.25, 0.3) is 11.1 Å². The van der Waals surface area contributed by atoms with E-state index in [2.05, 4.69) is 0 Å². The van der Waals surface area contributed by atoms with Gasteiger partial charge in [-0.25, -0.2) is 4.79 Å². The van der Waals surface area contributed by atoms with Gasteiger partial charge in [-0.1, -0.05) is 66.2 Å². The number of nitrogens with zero attached hydrogens (tertiary/aromatic N) is 2. The number of ether oxygens (including phenoxy) is 1. The van der Waals surface area contributed by atoms with Crippen molar-refractivity contribution in [2.45, 2.75) is 12.0 Å². The van der Waals surface area contributed by atoms with E-state index in [-0.39, 0.29) is 5.91 Å². The summed E-state index contributed by atoms with van der Waals surface area (Å²) >= 11 is 6.09. The van der Waals surface area contributed by atoms with Crippen LogP contribution in [0.3, 0.4) is 0 Å². The van der Waals surface area contributed by atoms with Crippen LogP contribution in [-0.4, -0.2) is 42.1 Å². The Hall–Kier alpha value is -3.31. The molecule has 2 amide bonds. The number of amides is 2. The van der Waals surface area contributed by atoms with Crippen LogP contribution in [0.5, 0.6) is 0 Å². The summed E-state index contributed by atoms with van der Waals surface area (Å²) < 4.78 is 5.80. The van der Waals surface area contributed by atoms with Gasteiger partial charge in [0.15, 0.2) is 5.60 Å². The van der Waals surface area contributed by atoms with E-state index in [4.69, 9.17) is 16.3 Å². The number of carbonyl (C=O) groups is 2. The lowest BCUT2D eigenvalue weighted by Gasteiger charge is -2.23. The lowest BCUT2D eigenvalue weighted by Crippen LogP contribution is -2.39. The molecular weight excluding hydrogens is 412 g/mol. The van der Waals surface area contributed by atoms with Gasteiger partial charge >= 0.3 is 6.09 Å². The molecule has 1 atom stereocenters. The van der Waals surface area contributed by atoms with Crippen molar-refractivity contribution in [3.05, 3.63) is 89.4 Å². The molecule has 6 heteroatoms. The Morgan fingerprint density at radius 3 is 2.52 bits per heavy atom. The number of likely N-dealkylation sites (tertiary alicyclic amines) is 1. The Morgan fingerprint density at radius 1 is 0.935 bits per heavy atom. The summed E-state index contributed by atoms with van der Waals surface area (Å²) in [6, 6.07) is 24.7. The van der Waals surface area contributed by atoms with Crippen molar-refractivity contribution in [1.29, 1.82) is 0 Å². The summed E-state index contributed by atoms with van der Waals surface area (Å²) in [6.45, 7) is 1.31. The molecule has 2 aliphatic heterocycles. The van der Waals surface area contributed by atoms with Crippen molar-refractivity contribution in [2.75, 3.05) is 24.5 Å². The van der Waals surface area contributed by atoms with Gasteiger partial charge in [-0.3, -0.25) is 9.69 Å². The zero-order valence-corrected chi connectivity index (χ0v) is 17.6. The highest BCUT2D eigenvalue weighted by molar-refractivity contribution is 6.30. The van der Waals surface area contributed by atoms with Gasteiger partial charge < -0.3 is 9.64 Å². The predicted molar refractivity (Wildman–Crippen MR) is 120 cm³/mol. The van der Waals surface area contributed by atoms with Crippen LogP contribution >= 0.6 is 11.6 Å². The highest BCUT2D eigenvalue weighted by atomic mass is 35.5. The van der Waals surface area contributed by atoms with Crippen molar-refractivity contribution in [1.82, 2.24) is 4.90 Å². The second kappa shape index (κ2) is 7.75. The summed E-state index contributed by atoms with van der Waals surface area (Å²) in [5, 5.41) is 0.562. The van der Waals surface area contributed by atoms with Gasteiger partial charge in [-0.15, -0.1) is 0 Å². The molecule has 0 aromatic heterocycles. The summed E-state index contributed by atoms with van der Waals surface area (Å²) in [4.78, 5) is 29.4. The topological polar surface area (TPSA) is 49.9 Å². The van der Waals surface area contributed by atoms with E-state index in [0.29, 0.717) is 42.3 Å². The first-order valence-corrected chi connectivity index (χ1v) is 10.6. The molecule has 156 valence electrons. The number of benzene rings is 3. The van der Waals surface area contributed by atoms with Crippen molar-refractivity contribution in [2.24, 2.45) is 0 Å². The first kappa shape index (κ1) is 19.6. The normalized spacial score (nSPS) is 20.4. The van der Waals surface area contributed by atoms with Gasteiger partial charge in [-0.2, -0.15) is 0 Å². The molecule has 31 heavy (non-hydrogen) atoms. The number of hydrogen-bond donors (Lipinski definition) is 0. The molecule has 0 unspecified atom stereocenters. The van der Waals surface area contributed by atoms with Gasteiger partial charge in [0.25, 0.3) is 5.91 Å². The lowest BCUT2D eigenvalue weighted by atomic mass is 9.99. The molecule has 0 radical (unpaired) electrons. The zero-order chi connectivity index (χ0) is 21.4. The van der Waals surface area contributed by atoms with Gasteiger partial charge in [0.05, 0.1) is 13.1 Å². The Balaban J connectivity index is 1.37. The van der Waals surface area contributed by atoms with E-state index in [0.717, 1.165) is 11.1 Å². The average molecular weight is 433 g/mol. The molecule has 5 nitrogen and oxygen atoms in total. The third-order valence-electron chi connectivity index (χ3n) is 5.94. The summed E-state index contributed by atoms with van der Waals surface area (Å²) in [5.41, 5.74) is 2.56. The number of hydrogen-bond acceptors (Lipinski definition) is 3. The molecule has 0 bridgehead atoms. The van der Waals surface area contributed by atoms with Gasteiger partial charge in [0.2, 0.25) is 0 Å². The molecule has 1 spiro atoms. The predicted octanol–water partition coefficient (Wildman–Crippen LogP) is 5.25. The second-order valence-corrected chi connectivity index (χ2v) is 8.44. The van der Waals surface area contributed by atoms with Crippen LogP contribution in [0, 0.1) is 0 Å². The highest BCUT2D eigenvalue weighted by Gasteiger charge is 2.51. The Bertz CT molecular complexity index is 1150. The first-order chi connectivity index (χ1) is 15.0. The van der Waals surface area contributed by atoms with E-state index in [9.17, 15) is 9.59 Å². The maximum atomic E-state index is 13.4. The molecule has 0 aliphatic carbocycles. The van der Waals surface area contributed by atoms with Gasteiger partial charge in [-0.05, 0) is 35.4 Å². The Morgan fingerprint density at radius 2 is 1.71 bits per heavy atom. The summed E-state index contributed by atoms with van der Waals surface area (Å²) in [5.74, 6) is -0.0476. The minimum atomic E-state index is -0.698. The van der Waals surface area contributed by atoms with E-state index in [1.807, 2.05) is 60.7 Å². The highest BCUT2D eigenvalue weighted by Crippen LogP contribution is 2.37. The molecule has 3 aromatic carbocycles. The van der Waals surface area contributed by atoms with Crippen LogP contribution < -0.4 is 4.90 Å². The summed E-state index contributed by atoms with van der Waals surface area (Å²) in [6.07, 6.45) is 0.205. The Kier molecular flexibility index (Phi) is 4.91. The van der Waals surface area contributed by atoms with Crippen LogP contribution in [0.15, 0.2) is 78.9 Å². The number of carbonyl (C=O) groups excluding carboxylic acids is 2.